The Morgan fingerprint density at radius 3 is 2.40 bits per heavy atom. The second-order valence-corrected chi connectivity index (χ2v) is 14.3. The summed E-state index contributed by atoms with van der Waals surface area (Å²) in [5.41, 5.74) is -2.41. The number of anilines is 4. The highest BCUT2D eigenvalue weighted by Gasteiger charge is 2.52. The zero-order valence-electron chi connectivity index (χ0n) is 30.1. The Morgan fingerprint density at radius 2 is 1.73 bits per heavy atom. The van der Waals surface area contributed by atoms with Crippen LogP contribution >= 0.6 is 12.6 Å². The Labute approximate surface area is 321 Å². The normalized spacial score (nSPS) is 20.6. The van der Waals surface area contributed by atoms with E-state index >= 15 is 0 Å². The van der Waals surface area contributed by atoms with Gasteiger partial charge in [0.25, 0.3) is 5.91 Å². The first-order valence-corrected chi connectivity index (χ1v) is 18.1. The van der Waals surface area contributed by atoms with Gasteiger partial charge in [-0.05, 0) is 68.8 Å². The van der Waals surface area contributed by atoms with Gasteiger partial charge in [-0.3, -0.25) is 39.2 Å². The number of rotatable bonds is 11. The molecule has 0 bridgehead atoms. The summed E-state index contributed by atoms with van der Waals surface area (Å²) in [6.07, 6.45) is -3.10. The number of benzene rings is 2. The van der Waals surface area contributed by atoms with Crippen LogP contribution in [0.1, 0.15) is 37.9 Å². The third-order valence-corrected chi connectivity index (χ3v) is 10.2. The maximum atomic E-state index is 13.6. The van der Waals surface area contributed by atoms with Crippen molar-refractivity contribution >= 4 is 59.0 Å². The number of nitriles is 1. The molecule has 2 aromatic carbocycles. The number of halogens is 3. The fraction of sp³-hybridized carbons (Fsp3) is 0.405. The van der Waals surface area contributed by atoms with E-state index in [-0.39, 0.29) is 36.4 Å². The van der Waals surface area contributed by atoms with Gasteiger partial charge in [0.05, 0.1) is 24.0 Å². The quantitative estimate of drug-likeness (QED) is 0.166. The van der Waals surface area contributed by atoms with Gasteiger partial charge in [0.15, 0.2) is 11.2 Å². The Balaban J connectivity index is 0.953. The number of carbonyl (C=O) groups excluding carboxylic acids is 4. The Morgan fingerprint density at radius 1 is 1.04 bits per heavy atom. The number of amides is 4. The van der Waals surface area contributed by atoms with Crippen LogP contribution in [-0.2, 0) is 25.4 Å². The molecule has 3 aliphatic heterocycles. The smallest absolute Gasteiger partial charge is 0.419 e. The molecule has 3 N–H and O–H groups in total. The van der Waals surface area contributed by atoms with E-state index in [1.165, 1.54) is 6.07 Å². The summed E-state index contributed by atoms with van der Waals surface area (Å²) in [7, 11) is 0. The Bertz CT molecular complexity index is 1980. The number of hydrogen-bond donors (Lipinski definition) is 4. The van der Waals surface area contributed by atoms with Crippen LogP contribution in [0.3, 0.4) is 0 Å². The Hall–Kier alpha value is -5.38. The van der Waals surface area contributed by atoms with E-state index in [9.17, 15) is 32.3 Å². The maximum Gasteiger partial charge on any atom is 0.419 e. The van der Waals surface area contributed by atoms with Crippen LogP contribution < -0.4 is 30.5 Å². The molecule has 4 heterocycles. The fourth-order valence-corrected chi connectivity index (χ4v) is 7.45. The molecule has 14 nitrogen and oxygen atoms in total. The predicted octanol–water partition coefficient (Wildman–Crippen LogP) is 3.67. The van der Waals surface area contributed by atoms with Crippen LogP contribution in [0.25, 0.3) is 0 Å². The zero-order chi connectivity index (χ0) is 39.5. The van der Waals surface area contributed by atoms with Crippen LogP contribution in [0.2, 0.25) is 0 Å². The molecule has 1 aromatic heterocycles. The highest BCUT2D eigenvalue weighted by atomic mass is 32.1. The van der Waals surface area contributed by atoms with Gasteiger partial charge in [0.2, 0.25) is 17.7 Å². The molecule has 4 amide bonds. The molecule has 3 aromatic rings. The van der Waals surface area contributed by atoms with E-state index in [0.717, 1.165) is 30.3 Å². The molecule has 0 spiro atoms. The monoisotopic (exact) mass is 779 g/mol. The van der Waals surface area contributed by atoms with Gasteiger partial charge in [0, 0.05) is 56.2 Å². The molecule has 3 aliphatic rings. The molecule has 55 heavy (non-hydrogen) atoms. The minimum atomic E-state index is -4.83. The van der Waals surface area contributed by atoms with Crippen molar-refractivity contribution in [1.82, 2.24) is 20.1 Å². The van der Waals surface area contributed by atoms with Crippen LogP contribution in [0.5, 0.6) is 5.75 Å². The summed E-state index contributed by atoms with van der Waals surface area (Å²) in [4.78, 5) is 60.6. The average molecular weight is 780 g/mol. The second kappa shape index (κ2) is 16.2. The molecule has 290 valence electrons. The highest BCUT2D eigenvalue weighted by molar-refractivity contribution is 7.81. The molecule has 18 heteroatoms. The third kappa shape index (κ3) is 8.96. The molecule has 2 unspecified atom stereocenters. The van der Waals surface area contributed by atoms with Crippen molar-refractivity contribution in [1.29, 1.82) is 5.26 Å². The molecule has 2 atom stereocenters. The van der Waals surface area contributed by atoms with Crippen molar-refractivity contribution in [3.8, 4) is 11.8 Å². The topological polar surface area (TPSA) is 163 Å². The van der Waals surface area contributed by atoms with Gasteiger partial charge < -0.3 is 20.3 Å². The summed E-state index contributed by atoms with van der Waals surface area (Å²) in [5, 5.41) is 17.5. The van der Waals surface area contributed by atoms with Gasteiger partial charge in [-0.2, -0.15) is 18.4 Å². The van der Waals surface area contributed by atoms with Crippen LogP contribution in [-0.4, -0.2) is 101 Å². The molecule has 3 fully saturated rings. The minimum absolute atomic E-state index is 0.125. The number of nitrogens with one attached hydrogen (secondary N) is 3. The molecular weight excluding hydrogens is 740 g/mol. The number of nitrogens with zero attached hydrogens (tertiary/aromatic N) is 6. The van der Waals surface area contributed by atoms with Crippen molar-refractivity contribution in [2.24, 2.45) is 0 Å². The van der Waals surface area contributed by atoms with E-state index in [1.807, 2.05) is 0 Å². The number of aromatic nitrogens is 1. The fourth-order valence-electron chi connectivity index (χ4n) is 6.79. The number of alkyl halides is 3. The van der Waals surface area contributed by atoms with Crippen molar-refractivity contribution in [2.75, 3.05) is 66.3 Å². The lowest BCUT2D eigenvalue weighted by Gasteiger charge is -2.34. The summed E-state index contributed by atoms with van der Waals surface area (Å²) in [5.74, 6) is -0.698. The summed E-state index contributed by atoms with van der Waals surface area (Å²) < 4.78 is 46.9. The average Bonchev–Trinajstić information content (AvgIpc) is 3.32. The van der Waals surface area contributed by atoms with Gasteiger partial charge in [0.1, 0.15) is 30.0 Å². The molecule has 3 saturated heterocycles. The van der Waals surface area contributed by atoms with Crippen LogP contribution in [0, 0.1) is 11.3 Å². The molecule has 0 saturated carbocycles. The van der Waals surface area contributed by atoms with E-state index in [1.54, 1.807) is 67.3 Å². The van der Waals surface area contributed by atoms with Crippen LogP contribution in [0.4, 0.5) is 35.9 Å². The van der Waals surface area contributed by atoms with E-state index in [2.05, 4.69) is 43.4 Å². The predicted molar refractivity (Wildman–Crippen MR) is 200 cm³/mol. The molecular formula is C37H40F3N9O5S. The lowest BCUT2D eigenvalue weighted by molar-refractivity contribution is -0.138. The second-order valence-electron chi connectivity index (χ2n) is 13.9. The SMILES string of the molecule is CC1(C)C(=O)N(c2cnc(C#N)c(C(F)(F)F)c2)C(S)N1c1ccc(OCCN2CCN(CC(=O)Nc3cccc(NC4CCC(=O)NC4=O)c3)CC2)cc1. The van der Waals surface area contributed by atoms with Crippen molar-refractivity contribution < 1.29 is 37.1 Å². The number of piperazine rings is 1. The van der Waals surface area contributed by atoms with Gasteiger partial charge in [-0.15, -0.1) is 12.6 Å². The van der Waals surface area contributed by atoms with Gasteiger partial charge in [-0.1, -0.05) is 6.07 Å². The molecule has 0 aliphatic carbocycles. The largest absolute Gasteiger partial charge is 0.492 e. The summed E-state index contributed by atoms with van der Waals surface area (Å²) in [6.45, 7) is 7.49. The third-order valence-electron chi connectivity index (χ3n) is 9.72. The van der Waals surface area contributed by atoms with E-state index in [0.29, 0.717) is 55.5 Å². The summed E-state index contributed by atoms with van der Waals surface area (Å²) in [6, 6.07) is 15.8. The Kier molecular flexibility index (Phi) is 11.5. The number of hydrogen-bond acceptors (Lipinski definition) is 12. The first-order chi connectivity index (χ1) is 26.1. The minimum Gasteiger partial charge on any atom is -0.492 e. The van der Waals surface area contributed by atoms with Crippen molar-refractivity contribution in [3.63, 3.8) is 0 Å². The number of piperidine rings is 1. The number of carbonyl (C=O) groups is 4. The van der Waals surface area contributed by atoms with E-state index in [4.69, 9.17) is 10.00 Å². The van der Waals surface area contributed by atoms with Gasteiger partial charge in [-0.25, -0.2) is 4.98 Å². The van der Waals surface area contributed by atoms with Gasteiger partial charge >= 0.3 is 6.18 Å². The first kappa shape index (κ1) is 39.3. The number of thiol groups is 1. The lowest BCUT2D eigenvalue weighted by atomic mass is 10.0. The zero-order valence-corrected chi connectivity index (χ0v) is 31.0. The standard InChI is InChI=1S/C37H40F3N9O5S/c1-36(2)34(53)48(26-19-28(37(38,39)40)30(20-41)42-21-26)35(55)49(36)25-6-8-27(9-7-25)54-17-16-46-12-14-47(15-13-46)22-32(51)44-24-5-3-4-23(18-24)43-29-10-11-31(50)45-33(29)52/h3-9,18-19,21,29,35,43,55H,10-17,22H2,1-2H3,(H,44,51)(H,45,50,52). The lowest BCUT2D eigenvalue weighted by Crippen LogP contribution is -2.49. The number of ether oxygens (including phenoxy) is 1. The van der Waals surface area contributed by atoms with Crippen LogP contribution in [0.15, 0.2) is 60.8 Å². The molecule has 0 radical (unpaired) electrons. The van der Waals surface area contributed by atoms with E-state index < -0.39 is 40.4 Å². The first-order valence-electron chi connectivity index (χ1n) is 17.6. The molecule has 6 rings (SSSR count). The number of imide groups is 1. The van der Waals surface area contributed by atoms with Crippen molar-refractivity contribution in [3.05, 3.63) is 72.1 Å². The maximum absolute atomic E-state index is 13.6. The highest BCUT2D eigenvalue weighted by Crippen LogP contribution is 2.42. The number of pyridine rings is 1. The summed E-state index contributed by atoms with van der Waals surface area (Å²) >= 11 is 4.62. The van der Waals surface area contributed by atoms with Crippen molar-refractivity contribution in [2.45, 2.75) is 49.9 Å².